The van der Waals surface area contributed by atoms with Crippen LogP contribution in [0.25, 0.3) is 0 Å². The predicted molar refractivity (Wildman–Crippen MR) is 170 cm³/mol. The first kappa shape index (κ1) is 31.4. The lowest BCUT2D eigenvalue weighted by atomic mass is 9.33. The number of rotatable bonds is 4. The normalized spacial score (nSPS) is 44.1. The van der Waals surface area contributed by atoms with Gasteiger partial charge in [-0.3, -0.25) is 14.4 Å². The summed E-state index contributed by atoms with van der Waals surface area (Å²) >= 11 is 0. The average Bonchev–Trinajstić information content (AvgIpc) is 2.95. The zero-order valence-electron chi connectivity index (χ0n) is 28.2. The predicted octanol–water partition coefficient (Wildman–Crippen LogP) is 8.01. The van der Waals surface area contributed by atoms with Crippen molar-refractivity contribution >= 4 is 17.7 Å². The number of hydroxylamine groups is 1. The third-order valence-electron chi connectivity index (χ3n) is 14.4. The molecule has 1 unspecified atom stereocenters. The summed E-state index contributed by atoms with van der Waals surface area (Å²) in [7, 11) is 0. The highest BCUT2D eigenvalue weighted by molar-refractivity contribution is 5.95. The second-order valence-corrected chi connectivity index (χ2v) is 17.1. The van der Waals surface area contributed by atoms with Gasteiger partial charge in [0.25, 0.3) is 5.91 Å². The van der Waals surface area contributed by atoms with E-state index in [2.05, 4.69) is 60.0 Å². The highest BCUT2D eigenvalue weighted by Crippen LogP contribution is 2.75. The third-order valence-corrected chi connectivity index (χ3v) is 14.4. The molecular weight excluding hydrogens is 550 g/mol. The van der Waals surface area contributed by atoms with Crippen LogP contribution in [0.1, 0.15) is 113 Å². The van der Waals surface area contributed by atoms with E-state index in [0.29, 0.717) is 11.7 Å². The molecule has 1 aromatic carbocycles. The number of esters is 1. The maximum Gasteiger partial charge on any atom is 0.302 e. The van der Waals surface area contributed by atoms with Crippen LogP contribution in [0.15, 0.2) is 42.0 Å². The fourth-order valence-electron chi connectivity index (χ4n) is 11.5. The van der Waals surface area contributed by atoms with Crippen molar-refractivity contribution in [3.8, 4) is 5.75 Å². The highest BCUT2D eigenvalue weighted by atomic mass is 16.7. The number of para-hydroxylation sites is 1. The van der Waals surface area contributed by atoms with Crippen molar-refractivity contribution < 1.29 is 24.0 Å². The summed E-state index contributed by atoms with van der Waals surface area (Å²) in [5.74, 6) is 1.00. The molecular formula is C38H53NO5. The summed E-state index contributed by atoms with van der Waals surface area (Å²) in [6, 6.07) is 9.37. The van der Waals surface area contributed by atoms with Crippen LogP contribution in [0.3, 0.4) is 0 Å². The summed E-state index contributed by atoms with van der Waals surface area (Å²) in [6.07, 6.45) is 10.3. The fraction of sp³-hybridized carbons (Fsp3) is 0.711. The van der Waals surface area contributed by atoms with Crippen LogP contribution >= 0.6 is 0 Å². The van der Waals surface area contributed by atoms with E-state index in [-0.39, 0.29) is 62.7 Å². The summed E-state index contributed by atoms with van der Waals surface area (Å²) in [6.45, 7) is 17.7. The molecule has 0 aromatic heterocycles. The average molecular weight is 604 g/mol. The number of allylic oxidation sites excluding steroid dienone is 2. The van der Waals surface area contributed by atoms with Crippen LogP contribution in [0, 0.1) is 50.2 Å². The van der Waals surface area contributed by atoms with Gasteiger partial charge in [-0.1, -0.05) is 72.2 Å². The molecule has 4 fully saturated rings. The molecule has 6 rings (SSSR count). The molecule has 0 radical (unpaired) electrons. The number of hydrogen-bond acceptors (Lipinski definition) is 5. The molecule has 5 aliphatic rings. The maximum atomic E-state index is 14.6. The fourth-order valence-corrected chi connectivity index (χ4v) is 11.5. The van der Waals surface area contributed by atoms with Crippen molar-refractivity contribution in [2.45, 2.75) is 119 Å². The first-order valence-electron chi connectivity index (χ1n) is 17.0. The van der Waals surface area contributed by atoms with Crippen molar-refractivity contribution in [3.05, 3.63) is 42.0 Å². The first-order valence-corrected chi connectivity index (χ1v) is 17.0. The Bertz CT molecular complexity index is 1380. The van der Waals surface area contributed by atoms with E-state index in [1.807, 2.05) is 30.3 Å². The van der Waals surface area contributed by atoms with Gasteiger partial charge in [-0.2, -0.15) is 5.48 Å². The molecule has 0 bridgehead atoms. The molecule has 6 nitrogen and oxygen atoms in total. The van der Waals surface area contributed by atoms with Gasteiger partial charge >= 0.3 is 5.97 Å². The minimum absolute atomic E-state index is 0.0676. The van der Waals surface area contributed by atoms with E-state index < -0.39 is 5.41 Å². The Morgan fingerprint density at radius 3 is 2.23 bits per heavy atom. The van der Waals surface area contributed by atoms with Gasteiger partial charge in [0, 0.05) is 23.7 Å². The van der Waals surface area contributed by atoms with E-state index in [1.165, 1.54) is 12.5 Å². The van der Waals surface area contributed by atoms with E-state index in [0.717, 1.165) is 57.8 Å². The van der Waals surface area contributed by atoms with Crippen LogP contribution < -0.4 is 10.3 Å². The van der Waals surface area contributed by atoms with Crippen molar-refractivity contribution in [2.24, 2.45) is 50.2 Å². The lowest BCUT2D eigenvalue weighted by molar-refractivity contribution is -0.210. The smallest absolute Gasteiger partial charge is 0.302 e. The van der Waals surface area contributed by atoms with Crippen LogP contribution in [-0.4, -0.2) is 23.8 Å². The zero-order valence-corrected chi connectivity index (χ0v) is 28.2. The van der Waals surface area contributed by atoms with Crippen LogP contribution in [0.4, 0.5) is 0 Å². The van der Waals surface area contributed by atoms with Gasteiger partial charge in [-0.25, -0.2) is 0 Å². The standard InChI is InChI=1S/C38H53NO5/c1-24(40)43-30-15-16-36(6)29(33(30,2)3)14-17-38(8)31(36)28(41)22-26-27-23-35(5,19-18-34(27,4)20-21-37(26,38)7)32(42)39-44-25-12-10-9-11-13-25/h9-13,22,27,29-31H,14-21,23H2,1-8H3,(H,39,42)/t27-,29?,30-,31+,34+,35-,36-,37+,38+/m0/s1. The Labute approximate surface area is 264 Å². The third kappa shape index (κ3) is 4.43. The van der Waals surface area contributed by atoms with Gasteiger partial charge in [0.15, 0.2) is 11.5 Å². The van der Waals surface area contributed by atoms with Crippen LogP contribution in [0.5, 0.6) is 5.75 Å². The van der Waals surface area contributed by atoms with Gasteiger partial charge in [0.1, 0.15) is 6.10 Å². The van der Waals surface area contributed by atoms with Crippen molar-refractivity contribution in [1.82, 2.24) is 5.48 Å². The quantitative estimate of drug-likeness (QED) is 0.279. The largest absolute Gasteiger partial charge is 0.462 e. The molecule has 1 amide bonds. The van der Waals surface area contributed by atoms with Crippen molar-refractivity contribution in [2.75, 3.05) is 0 Å². The number of amides is 1. The van der Waals surface area contributed by atoms with E-state index in [9.17, 15) is 14.4 Å². The van der Waals surface area contributed by atoms with Crippen molar-refractivity contribution in [3.63, 3.8) is 0 Å². The molecule has 5 aliphatic carbocycles. The van der Waals surface area contributed by atoms with Gasteiger partial charge in [-0.15, -0.1) is 0 Å². The lowest BCUT2D eigenvalue weighted by Gasteiger charge is -2.70. The van der Waals surface area contributed by atoms with Crippen LogP contribution in [-0.2, 0) is 19.1 Å². The summed E-state index contributed by atoms with van der Waals surface area (Å²) in [5, 5.41) is 0. The minimum atomic E-state index is -0.582. The number of carbonyl (C=O) groups excluding carboxylic acids is 3. The summed E-state index contributed by atoms with van der Waals surface area (Å²) in [5.41, 5.74) is 2.91. The second-order valence-electron chi connectivity index (χ2n) is 17.1. The SMILES string of the molecule is CC(=O)O[C@H]1CC[C@@]2(C)C(CC[C@]3(C)[C@@H]2C(=O)C=C2[C@@H]4C[C@@](C)(C(=O)NOc5ccccc5)CC[C@]4(C)CC[C@]23C)C1(C)C. The molecule has 0 saturated heterocycles. The molecule has 240 valence electrons. The second kappa shape index (κ2) is 10.2. The number of nitrogens with one attached hydrogen (secondary N) is 1. The number of fused-ring (bicyclic) bond motifs is 7. The number of ether oxygens (including phenoxy) is 1. The van der Waals surface area contributed by atoms with Gasteiger partial charge in [0.2, 0.25) is 0 Å². The topological polar surface area (TPSA) is 81.7 Å². The van der Waals surface area contributed by atoms with Gasteiger partial charge < -0.3 is 9.57 Å². The molecule has 0 aliphatic heterocycles. The molecule has 4 saturated carbocycles. The molecule has 0 spiro atoms. The van der Waals surface area contributed by atoms with Gasteiger partial charge in [0.05, 0.1) is 0 Å². The lowest BCUT2D eigenvalue weighted by Crippen LogP contribution is -2.66. The molecule has 9 atom stereocenters. The Morgan fingerprint density at radius 2 is 1.55 bits per heavy atom. The van der Waals surface area contributed by atoms with Crippen LogP contribution in [0.2, 0.25) is 0 Å². The molecule has 6 heteroatoms. The number of carbonyl (C=O) groups is 3. The molecule has 44 heavy (non-hydrogen) atoms. The Morgan fingerprint density at radius 1 is 0.864 bits per heavy atom. The monoisotopic (exact) mass is 603 g/mol. The first-order chi connectivity index (χ1) is 20.5. The molecule has 1 N–H and O–H groups in total. The van der Waals surface area contributed by atoms with E-state index in [1.54, 1.807) is 0 Å². The summed E-state index contributed by atoms with van der Waals surface area (Å²) < 4.78 is 5.87. The minimum Gasteiger partial charge on any atom is -0.462 e. The summed E-state index contributed by atoms with van der Waals surface area (Å²) in [4.78, 5) is 46.0. The van der Waals surface area contributed by atoms with Gasteiger partial charge in [-0.05, 0) is 109 Å². The number of hydrogen-bond donors (Lipinski definition) is 1. The Balaban J connectivity index is 1.32. The zero-order chi connectivity index (χ0) is 31.9. The van der Waals surface area contributed by atoms with E-state index in [4.69, 9.17) is 9.57 Å². The molecule has 1 aromatic rings. The Hall–Kier alpha value is -2.63. The van der Waals surface area contributed by atoms with Crippen molar-refractivity contribution in [1.29, 1.82) is 0 Å². The maximum absolute atomic E-state index is 14.6. The number of benzene rings is 1. The Kier molecular flexibility index (Phi) is 7.26. The molecule has 0 heterocycles. The highest BCUT2D eigenvalue weighted by Gasteiger charge is 2.70. The van der Waals surface area contributed by atoms with E-state index >= 15 is 0 Å². The number of ketones is 1.